The molecule has 16 heavy (non-hydrogen) atoms. The van der Waals surface area contributed by atoms with Crippen molar-refractivity contribution in [3.8, 4) is 0 Å². The number of unbranched alkanes of at least 4 members (excludes halogenated alkanes) is 1. The van der Waals surface area contributed by atoms with Crippen LogP contribution >= 0.6 is 0 Å². The zero-order chi connectivity index (χ0) is 12.4. The standard InChI is InChI=1S/C11H27NO3Si/c1-6-9-10-12-11(4)15-16(5,13-7-2)14-8-3/h11-12H,6-10H2,1-5H3. The molecule has 1 atom stereocenters. The van der Waals surface area contributed by atoms with Gasteiger partial charge in [-0.1, -0.05) is 13.3 Å². The average molecular weight is 249 g/mol. The van der Waals surface area contributed by atoms with Gasteiger partial charge in [-0.05, 0) is 33.7 Å². The first-order valence-corrected chi connectivity index (χ1v) is 8.49. The Balaban J connectivity index is 3.96. The van der Waals surface area contributed by atoms with E-state index < -0.39 is 8.80 Å². The maximum absolute atomic E-state index is 5.85. The highest BCUT2D eigenvalue weighted by Crippen LogP contribution is 2.11. The van der Waals surface area contributed by atoms with Gasteiger partial charge in [0.2, 0.25) is 0 Å². The van der Waals surface area contributed by atoms with Gasteiger partial charge in [-0.2, -0.15) is 0 Å². The van der Waals surface area contributed by atoms with E-state index in [-0.39, 0.29) is 6.23 Å². The summed E-state index contributed by atoms with van der Waals surface area (Å²) in [4.78, 5) is 0. The van der Waals surface area contributed by atoms with Crippen LogP contribution in [0.1, 0.15) is 40.5 Å². The molecule has 0 bridgehead atoms. The average Bonchev–Trinajstić information content (AvgIpc) is 2.18. The van der Waals surface area contributed by atoms with Crippen molar-refractivity contribution in [1.29, 1.82) is 0 Å². The van der Waals surface area contributed by atoms with E-state index in [2.05, 4.69) is 12.2 Å². The maximum atomic E-state index is 5.85. The predicted octanol–water partition coefficient (Wildman–Crippen LogP) is 2.38. The van der Waals surface area contributed by atoms with Crippen LogP contribution in [0.5, 0.6) is 0 Å². The molecule has 0 spiro atoms. The summed E-state index contributed by atoms with van der Waals surface area (Å²) in [6, 6.07) is 0. The van der Waals surface area contributed by atoms with Crippen LogP contribution in [-0.4, -0.2) is 34.8 Å². The van der Waals surface area contributed by atoms with E-state index in [4.69, 9.17) is 13.3 Å². The van der Waals surface area contributed by atoms with E-state index in [0.717, 1.165) is 13.0 Å². The second-order valence-corrected chi connectivity index (χ2v) is 6.33. The molecule has 0 amide bonds. The van der Waals surface area contributed by atoms with Crippen LogP contribution in [0.15, 0.2) is 0 Å². The fraction of sp³-hybridized carbons (Fsp3) is 1.00. The van der Waals surface area contributed by atoms with Crippen molar-refractivity contribution >= 4 is 8.80 Å². The summed E-state index contributed by atoms with van der Waals surface area (Å²) in [5, 5.41) is 3.31. The molecular weight excluding hydrogens is 222 g/mol. The van der Waals surface area contributed by atoms with Crippen molar-refractivity contribution in [2.75, 3.05) is 19.8 Å². The third-order valence-electron chi connectivity index (χ3n) is 2.17. The number of hydrogen-bond donors (Lipinski definition) is 1. The number of hydrogen-bond acceptors (Lipinski definition) is 4. The molecule has 1 unspecified atom stereocenters. The van der Waals surface area contributed by atoms with E-state index in [1.807, 2.05) is 27.3 Å². The lowest BCUT2D eigenvalue weighted by Gasteiger charge is -2.28. The zero-order valence-corrected chi connectivity index (χ0v) is 12.3. The van der Waals surface area contributed by atoms with Crippen LogP contribution in [0, 0.1) is 0 Å². The predicted molar refractivity (Wildman–Crippen MR) is 68.3 cm³/mol. The quantitative estimate of drug-likeness (QED) is 0.366. The first-order valence-electron chi connectivity index (χ1n) is 6.27. The van der Waals surface area contributed by atoms with Gasteiger partial charge in [0.1, 0.15) is 0 Å². The lowest BCUT2D eigenvalue weighted by atomic mass is 10.3. The molecule has 0 aliphatic carbocycles. The van der Waals surface area contributed by atoms with Crippen LogP contribution in [0.3, 0.4) is 0 Å². The molecule has 4 nitrogen and oxygen atoms in total. The van der Waals surface area contributed by atoms with Crippen molar-refractivity contribution in [2.45, 2.75) is 53.3 Å². The van der Waals surface area contributed by atoms with Crippen LogP contribution in [-0.2, 0) is 13.3 Å². The fourth-order valence-corrected chi connectivity index (χ4v) is 3.47. The SMILES string of the molecule is CCCCNC(C)O[Si](C)(OCC)OCC. The molecule has 0 aliphatic rings. The minimum absolute atomic E-state index is 0.0127. The van der Waals surface area contributed by atoms with Crippen molar-refractivity contribution in [3.63, 3.8) is 0 Å². The van der Waals surface area contributed by atoms with E-state index in [1.54, 1.807) is 0 Å². The third-order valence-corrected chi connectivity index (χ3v) is 4.57. The first kappa shape index (κ1) is 16.1. The molecule has 1 N–H and O–H groups in total. The fourth-order valence-electron chi connectivity index (χ4n) is 1.48. The Morgan fingerprint density at radius 1 is 1.12 bits per heavy atom. The van der Waals surface area contributed by atoms with Crippen LogP contribution in [0.4, 0.5) is 0 Å². The van der Waals surface area contributed by atoms with Crippen LogP contribution in [0.25, 0.3) is 0 Å². The van der Waals surface area contributed by atoms with Crippen LogP contribution < -0.4 is 5.32 Å². The van der Waals surface area contributed by atoms with Crippen molar-refractivity contribution in [2.24, 2.45) is 0 Å². The van der Waals surface area contributed by atoms with Crippen LogP contribution in [0.2, 0.25) is 6.55 Å². The van der Waals surface area contributed by atoms with E-state index >= 15 is 0 Å². The van der Waals surface area contributed by atoms with E-state index in [9.17, 15) is 0 Å². The Kier molecular flexibility index (Phi) is 9.16. The highest BCUT2D eigenvalue weighted by atomic mass is 28.4. The third kappa shape index (κ3) is 7.35. The zero-order valence-electron chi connectivity index (χ0n) is 11.3. The largest absolute Gasteiger partial charge is 0.498 e. The Morgan fingerprint density at radius 3 is 2.12 bits per heavy atom. The van der Waals surface area contributed by atoms with Gasteiger partial charge in [0.25, 0.3) is 0 Å². The summed E-state index contributed by atoms with van der Waals surface area (Å²) in [6.07, 6.45) is 2.34. The number of nitrogens with one attached hydrogen (secondary N) is 1. The molecule has 98 valence electrons. The second kappa shape index (κ2) is 9.12. The van der Waals surface area contributed by atoms with Gasteiger partial charge >= 0.3 is 8.80 Å². The Hall–Kier alpha value is 0.0569. The molecule has 0 aromatic heterocycles. The lowest BCUT2D eigenvalue weighted by Crippen LogP contribution is -2.48. The molecule has 0 fully saturated rings. The van der Waals surface area contributed by atoms with Gasteiger partial charge < -0.3 is 13.3 Å². The monoisotopic (exact) mass is 249 g/mol. The summed E-state index contributed by atoms with van der Waals surface area (Å²) in [7, 11) is -2.44. The minimum Gasteiger partial charge on any atom is -0.374 e. The maximum Gasteiger partial charge on any atom is 0.498 e. The second-order valence-electron chi connectivity index (χ2n) is 3.80. The van der Waals surface area contributed by atoms with Crippen molar-refractivity contribution in [3.05, 3.63) is 0 Å². The summed E-state index contributed by atoms with van der Waals surface area (Å²) in [6.45, 7) is 12.3. The first-order chi connectivity index (χ1) is 7.58. The van der Waals surface area contributed by atoms with Gasteiger partial charge in [-0.3, -0.25) is 5.32 Å². The molecule has 0 aromatic rings. The summed E-state index contributed by atoms with van der Waals surface area (Å²) >= 11 is 0. The Morgan fingerprint density at radius 2 is 1.69 bits per heavy atom. The van der Waals surface area contributed by atoms with Gasteiger partial charge in [-0.15, -0.1) is 0 Å². The normalized spacial score (nSPS) is 14.1. The molecule has 0 radical (unpaired) electrons. The topological polar surface area (TPSA) is 39.7 Å². The molecule has 0 saturated heterocycles. The molecule has 0 aromatic carbocycles. The highest BCUT2D eigenvalue weighted by molar-refractivity contribution is 6.59. The summed E-state index contributed by atoms with van der Waals surface area (Å²) in [5.74, 6) is 0. The Labute approximate surface area is 101 Å². The molecule has 0 rings (SSSR count). The van der Waals surface area contributed by atoms with E-state index in [1.165, 1.54) is 6.42 Å². The minimum atomic E-state index is -2.44. The Bertz CT molecular complexity index is 163. The van der Waals surface area contributed by atoms with E-state index in [0.29, 0.717) is 13.2 Å². The van der Waals surface area contributed by atoms with Crippen molar-refractivity contribution < 1.29 is 13.3 Å². The van der Waals surface area contributed by atoms with Crippen molar-refractivity contribution in [1.82, 2.24) is 5.32 Å². The summed E-state index contributed by atoms with van der Waals surface area (Å²) < 4.78 is 17.1. The van der Waals surface area contributed by atoms with Gasteiger partial charge in [0.15, 0.2) is 0 Å². The smallest absolute Gasteiger partial charge is 0.374 e. The van der Waals surface area contributed by atoms with Gasteiger partial charge in [0.05, 0.1) is 6.23 Å². The summed E-state index contributed by atoms with van der Waals surface area (Å²) in [5.41, 5.74) is 0. The molecule has 0 aliphatic heterocycles. The molecule has 5 heteroatoms. The number of rotatable bonds is 10. The molecule has 0 heterocycles. The lowest BCUT2D eigenvalue weighted by molar-refractivity contribution is 0.0323. The van der Waals surface area contributed by atoms with Gasteiger partial charge in [-0.25, -0.2) is 0 Å². The highest BCUT2D eigenvalue weighted by Gasteiger charge is 2.35. The molecule has 0 saturated carbocycles. The molecular formula is C11H27NO3Si. The van der Waals surface area contributed by atoms with Gasteiger partial charge in [0, 0.05) is 19.8 Å².